The monoisotopic (exact) mass is 255 g/mol. The lowest BCUT2D eigenvalue weighted by Crippen LogP contribution is -2.28. The summed E-state index contributed by atoms with van der Waals surface area (Å²) in [5.74, 6) is -0.580. The van der Waals surface area contributed by atoms with E-state index in [0.29, 0.717) is 0 Å². The molecule has 0 heterocycles. The van der Waals surface area contributed by atoms with Crippen LogP contribution < -0.4 is 4.72 Å². The number of carbonyl (C=O) groups is 1. The van der Waals surface area contributed by atoms with Crippen molar-refractivity contribution in [3.8, 4) is 0 Å². The number of ether oxygens (including phenoxy) is 1. The van der Waals surface area contributed by atoms with Crippen molar-refractivity contribution in [2.75, 3.05) is 13.2 Å². The quantitative estimate of drug-likeness (QED) is 0.461. The van der Waals surface area contributed by atoms with Gasteiger partial charge in [-0.05, 0) is 12.1 Å². The molecule has 0 radical (unpaired) electrons. The lowest BCUT2D eigenvalue weighted by Gasteiger charge is -2.06. The molecule has 0 saturated carbocycles. The fourth-order valence-electron chi connectivity index (χ4n) is 1.07. The molecular weight excluding hydrogens is 242 g/mol. The van der Waals surface area contributed by atoms with Gasteiger partial charge in [-0.15, -0.1) is 0 Å². The SMILES string of the molecule is C=CC(=O)OCCNS(=O)(=O)c1ccccc1. The Hall–Kier alpha value is -1.66. The van der Waals surface area contributed by atoms with Gasteiger partial charge in [-0.1, -0.05) is 24.8 Å². The Bertz CT molecular complexity index is 481. The third-order valence-electron chi connectivity index (χ3n) is 1.86. The Morgan fingerprint density at radius 3 is 2.59 bits per heavy atom. The van der Waals surface area contributed by atoms with Crippen molar-refractivity contribution >= 4 is 16.0 Å². The van der Waals surface area contributed by atoms with Gasteiger partial charge in [0, 0.05) is 12.6 Å². The van der Waals surface area contributed by atoms with Gasteiger partial charge in [-0.25, -0.2) is 17.9 Å². The number of carbonyl (C=O) groups excluding carboxylic acids is 1. The van der Waals surface area contributed by atoms with Gasteiger partial charge in [0.05, 0.1) is 4.90 Å². The Labute approximate surface area is 100 Å². The van der Waals surface area contributed by atoms with Crippen LogP contribution in [0.25, 0.3) is 0 Å². The first kappa shape index (κ1) is 13.4. The number of hydrogen-bond acceptors (Lipinski definition) is 4. The maximum atomic E-state index is 11.7. The molecule has 0 spiro atoms. The Balaban J connectivity index is 2.46. The van der Waals surface area contributed by atoms with Crippen molar-refractivity contribution < 1.29 is 17.9 Å². The molecule has 0 aliphatic heterocycles. The first-order valence-electron chi connectivity index (χ1n) is 4.90. The van der Waals surface area contributed by atoms with Crippen LogP contribution in [0.3, 0.4) is 0 Å². The van der Waals surface area contributed by atoms with E-state index in [2.05, 4.69) is 16.0 Å². The summed E-state index contributed by atoms with van der Waals surface area (Å²) in [6.07, 6.45) is 1.02. The summed E-state index contributed by atoms with van der Waals surface area (Å²) < 4.78 is 30.3. The molecule has 0 aliphatic rings. The molecule has 1 N–H and O–H groups in total. The minimum Gasteiger partial charge on any atom is -0.461 e. The van der Waals surface area contributed by atoms with Gasteiger partial charge in [0.15, 0.2) is 0 Å². The highest BCUT2D eigenvalue weighted by molar-refractivity contribution is 7.89. The van der Waals surface area contributed by atoms with Crippen LogP contribution in [0.2, 0.25) is 0 Å². The van der Waals surface area contributed by atoms with E-state index in [4.69, 9.17) is 0 Å². The number of hydrogen-bond donors (Lipinski definition) is 1. The number of nitrogens with one attached hydrogen (secondary N) is 1. The van der Waals surface area contributed by atoms with E-state index in [1.807, 2.05) is 0 Å². The molecular formula is C11H13NO4S. The third-order valence-corrected chi connectivity index (χ3v) is 3.34. The molecule has 0 bridgehead atoms. The minimum atomic E-state index is -3.53. The molecule has 1 aromatic carbocycles. The van der Waals surface area contributed by atoms with E-state index in [0.717, 1.165) is 6.08 Å². The second-order valence-electron chi connectivity index (χ2n) is 3.08. The number of sulfonamides is 1. The number of benzene rings is 1. The standard InChI is InChI=1S/C11H13NO4S/c1-2-11(13)16-9-8-12-17(14,15)10-6-4-3-5-7-10/h2-7,12H,1,8-9H2. The molecule has 0 aromatic heterocycles. The zero-order valence-corrected chi connectivity index (χ0v) is 9.94. The van der Waals surface area contributed by atoms with Crippen molar-refractivity contribution in [3.63, 3.8) is 0 Å². The van der Waals surface area contributed by atoms with Crippen molar-refractivity contribution in [2.24, 2.45) is 0 Å². The van der Waals surface area contributed by atoms with Crippen LogP contribution in [0.15, 0.2) is 47.9 Å². The van der Waals surface area contributed by atoms with Crippen LogP contribution in [0.5, 0.6) is 0 Å². The average molecular weight is 255 g/mol. The first-order chi connectivity index (χ1) is 8.06. The maximum Gasteiger partial charge on any atom is 0.330 e. The molecule has 92 valence electrons. The molecule has 1 rings (SSSR count). The lowest BCUT2D eigenvalue weighted by molar-refractivity contribution is -0.137. The average Bonchev–Trinajstić information content (AvgIpc) is 2.35. The van der Waals surface area contributed by atoms with Crippen LogP contribution in [0.1, 0.15) is 0 Å². The molecule has 5 nitrogen and oxygen atoms in total. The van der Waals surface area contributed by atoms with E-state index >= 15 is 0 Å². The summed E-state index contributed by atoms with van der Waals surface area (Å²) in [5.41, 5.74) is 0. The molecule has 0 fully saturated rings. The predicted octanol–water partition coefficient (Wildman–Crippen LogP) is 0.694. The smallest absolute Gasteiger partial charge is 0.330 e. The van der Waals surface area contributed by atoms with Crippen molar-refractivity contribution in [1.29, 1.82) is 0 Å². The lowest BCUT2D eigenvalue weighted by atomic mass is 10.4. The summed E-state index contributed by atoms with van der Waals surface area (Å²) in [4.78, 5) is 10.9. The molecule has 17 heavy (non-hydrogen) atoms. The summed E-state index contributed by atoms with van der Waals surface area (Å²) >= 11 is 0. The van der Waals surface area contributed by atoms with Gasteiger partial charge in [-0.3, -0.25) is 0 Å². The van der Waals surface area contributed by atoms with Gasteiger partial charge in [0.25, 0.3) is 0 Å². The second-order valence-corrected chi connectivity index (χ2v) is 4.85. The van der Waals surface area contributed by atoms with E-state index in [1.165, 1.54) is 12.1 Å². The topological polar surface area (TPSA) is 72.5 Å². The summed E-state index contributed by atoms with van der Waals surface area (Å²) in [6, 6.07) is 7.96. The van der Waals surface area contributed by atoms with Gasteiger partial charge in [-0.2, -0.15) is 0 Å². The zero-order chi connectivity index (χ0) is 12.7. The summed E-state index contributed by atoms with van der Waals surface area (Å²) in [6.45, 7) is 3.22. The largest absolute Gasteiger partial charge is 0.461 e. The Morgan fingerprint density at radius 2 is 2.00 bits per heavy atom. The molecule has 0 saturated heterocycles. The highest BCUT2D eigenvalue weighted by Crippen LogP contribution is 2.06. The predicted molar refractivity (Wildman–Crippen MR) is 62.8 cm³/mol. The van der Waals surface area contributed by atoms with E-state index in [9.17, 15) is 13.2 Å². The van der Waals surface area contributed by atoms with Crippen LogP contribution in [0, 0.1) is 0 Å². The van der Waals surface area contributed by atoms with Gasteiger partial charge >= 0.3 is 5.97 Å². The number of esters is 1. The normalized spacial score (nSPS) is 10.8. The highest BCUT2D eigenvalue weighted by Gasteiger charge is 2.12. The van der Waals surface area contributed by atoms with Crippen LogP contribution in [0.4, 0.5) is 0 Å². The van der Waals surface area contributed by atoms with E-state index in [1.54, 1.807) is 18.2 Å². The van der Waals surface area contributed by atoms with Crippen LogP contribution in [-0.2, 0) is 19.6 Å². The second kappa shape index (κ2) is 6.17. The van der Waals surface area contributed by atoms with Gasteiger partial charge in [0.1, 0.15) is 6.61 Å². The molecule has 0 amide bonds. The van der Waals surface area contributed by atoms with E-state index < -0.39 is 16.0 Å². The fraction of sp³-hybridized carbons (Fsp3) is 0.182. The molecule has 0 atom stereocenters. The van der Waals surface area contributed by atoms with Crippen molar-refractivity contribution in [1.82, 2.24) is 4.72 Å². The van der Waals surface area contributed by atoms with Crippen LogP contribution in [-0.4, -0.2) is 27.5 Å². The van der Waals surface area contributed by atoms with Crippen molar-refractivity contribution in [3.05, 3.63) is 43.0 Å². The maximum absolute atomic E-state index is 11.7. The van der Waals surface area contributed by atoms with Crippen LogP contribution >= 0.6 is 0 Å². The summed E-state index contributed by atoms with van der Waals surface area (Å²) in [5, 5.41) is 0. The fourth-order valence-corrected chi connectivity index (χ4v) is 2.10. The highest BCUT2D eigenvalue weighted by atomic mass is 32.2. The van der Waals surface area contributed by atoms with Gasteiger partial charge < -0.3 is 4.74 Å². The number of rotatable bonds is 6. The van der Waals surface area contributed by atoms with E-state index in [-0.39, 0.29) is 18.0 Å². The minimum absolute atomic E-state index is 0.0246. The van der Waals surface area contributed by atoms with Gasteiger partial charge in [0.2, 0.25) is 10.0 Å². The molecule has 1 aromatic rings. The summed E-state index contributed by atoms with van der Waals surface area (Å²) in [7, 11) is -3.53. The molecule has 0 aliphatic carbocycles. The molecule has 6 heteroatoms. The Morgan fingerprint density at radius 1 is 1.35 bits per heavy atom. The molecule has 0 unspecified atom stereocenters. The third kappa shape index (κ3) is 4.38. The first-order valence-corrected chi connectivity index (χ1v) is 6.38. The van der Waals surface area contributed by atoms with Crippen molar-refractivity contribution in [2.45, 2.75) is 4.90 Å². The zero-order valence-electron chi connectivity index (χ0n) is 9.13. The Kier molecular flexibility index (Phi) is 4.86.